The molecule has 0 spiro atoms. The van der Waals surface area contributed by atoms with Gasteiger partial charge in [-0.3, -0.25) is 9.88 Å². The Hall–Kier alpha value is -2.77. The van der Waals surface area contributed by atoms with Crippen LogP contribution in [-0.4, -0.2) is 59.3 Å². The second-order valence-corrected chi connectivity index (χ2v) is 13.1. The molecular formula is C33H46FN3O3. The summed E-state index contributed by atoms with van der Waals surface area (Å²) in [5.41, 5.74) is 5.44. The van der Waals surface area contributed by atoms with Crippen LogP contribution in [0.3, 0.4) is 0 Å². The van der Waals surface area contributed by atoms with Gasteiger partial charge in [0.15, 0.2) is 6.10 Å². The molecule has 1 fully saturated rings. The SMILES string of the molecule is Cc1ncc(C2=CCN(CCCc3ccc(F)cc3)CC2)c(N2CCC(C)(C)CC2)c1C(OC(C)(C)C)C(=O)O. The summed E-state index contributed by atoms with van der Waals surface area (Å²) >= 11 is 0. The lowest BCUT2D eigenvalue weighted by molar-refractivity contribution is -0.160. The van der Waals surface area contributed by atoms with Crippen molar-refractivity contribution in [3.63, 3.8) is 0 Å². The molecule has 2 aliphatic heterocycles. The van der Waals surface area contributed by atoms with Gasteiger partial charge in [0, 0.05) is 49.2 Å². The van der Waals surface area contributed by atoms with Crippen LogP contribution in [0, 0.1) is 18.2 Å². The Morgan fingerprint density at radius 3 is 2.40 bits per heavy atom. The van der Waals surface area contributed by atoms with Crippen molar-refractivity contribution in [2.45, 2.75) is 85.4 Å². The lowest BCUT2D eigenvalue weighted by Gasteiger charge is -2.41. The number of aliphatic carboxylic acids is 1. The van der Waals surface area contributed by atoms with Crippen LogP contribution < -0.4 is 4.90 Å². The first-order valence-corrected chi connectivity index (χ1v) is 14.6. The summed E-state index contributed by atoms with van der Waals surface area (Å²) in [6, 6.07) is 6.78. The third-order valence-electron chi connectivity index (χ3n) is 8.17. The predicted molar refractivity (Wildman–Crippen MR) is 159 cm³/mol. The van der Waals surface area contributed by atoms with Crippen LogP contribution in [-0.2, 0) is 16.0 Å². The van der Waals surface area contributed by atoms with Crippen LogP contribution in [0.4, 0.5) is 10.1 Å². The van der Waals surface area contributed by atoms with E-state index in [0.29, 0.717) is 11.3 Å². The van der Waals surface area contributed by atoms with E-state index in [-0.39, 0.29) is 11.2 Å². The monoisotopic (exact) mass is 551 g/mol. The Morgan fingerprint density at radius 2 is 1.82 bits per heavy atom. The van der Waals surface area contributed by atoms with Gasteiger partial charge in [0.1, 0.15) is 5.82 Å². The molecule has 2 aromatic rings. The Balaban J connectivity index is 1.60. The number of carboxylic acid groups (broad SMARTS) is 1. The molecule has 1 unspecified atom stereocenters. The molecule has 1 N–H and O–H groups in total. The fourth-order valence-electron chi connectivity index (χ4n) is 5.74. The number of aryl methyl sites for hydroxylation is 2. The van der Waals surface area contributed by atoms with Crippen molar-refractivity contribution < 1.29 is 19.0 Å². The molecule has 218 valence electrons. The van der Waals surface area contributed by atoms with E-state index in [1.165, 1.54) is 17.7 Å². The van der Waals surface area contributed by atoms with Crippen molar-refractivity contribution in [2.75, 3.05) is 37.6 Å². The summed E-state index contributed by atoms with van der Waals surface area (Å²) in [7, 11) is 0. The molecule has 6 nitrogen and oxygen atoms in total. The fraction of sp³-hybridized carbons (Fsp3) is 0.576. The van der Waals surface area contributed by atoms with Gasteiger partial charge in [0.2, 0.25) is 0 Å². The van der Waals surface area contributed by atoms with E-state index in [4.69, 9.17) is 9.72 Å². The number of ether oxygens (including phenoxy) is 1. The zero-order valence-corrected chi connectivity index (χ0v) is 25.1. The molecule has 0 amide bonds. The van der Waals surface area contributed by atoms with Gasteiger partial charge in [-0.1, -0.05) is 32.1 Å². The van der Waals surface area contributed by atoms with Crippen LogP contribution in [0.2, 0.25) is 0 Å². The van der Waals surface area contributed by atoms with E-state index in [9.17, 15) is 14.3 Å². The minimum atomic E-state index is -1.09. The summed E-state index contributed by atoms with van der Waals surface area (Å²) < 4.78 is 19.4. The van der Waals surface area contributed by atoms with E-state index in [1.54, 1.807) is 0 Å². The third kappa shape index (κ3) is 7.70. The molecule has 0 bridgehead atoms. The highest BCUT2D eigenvalue weighted by atomic mass is 19.1. The number of hydrogen-bond donors (Lipinski definition) is 1. The number of carboxylic acids is 1. The Morgan fingerprint density at radius 1 is 1.15 bits per heavy atom. The number of benzene rings is 1. The van der Waals surface area contributed by atoms with Gasteiger partial charge >= 0.3 is 5.97 Å². The number of rotatable bonds is 9. The van der Waals surface area contributed by atoms with E-state index < -0.39 is 17.7 Å². The quantitative estimate of drug-likeness (QED) is 0.369. The minimum Gasteiger partial charge on any atom is -0.479 e. The summed E-state index contributed by atoms with van der Waals surface area (Å²) in [6.45, 7) is 16.7. The highest BCUT2D eigenvalue weighted by Gasteiger charge is 2.36. The summed E-state index contributed by atoms with van der Waals surface area (Å²) in [4.78, 5) is 22.2. The molecule has 0 aliphatic carbocycles. The van der Waals surface area contributed by atoms with Crippen LogP contribution in [0.25, 0.3) is 5.57 Å². The molecule has 1 aromatic carbocycles. The van der Waals surface area contributed by atoms with Crippen molar-refractivity contribution in [3.8, 4) is 0 Å². The lowest BCUT2D eigenvalue weighted by atomic mass is 9.82. The normalized spacial score (nSPS) is 18.9. The first-order valence-electron chi connectivity index (χ1n) is 14.6. The Labute approximate surface area is 239 Å². The maximum Gasteiger partial charge on any atom is 0.337 e. The van der Waals surface area contributed by atoms with E-state index in [2.05, 4.69) is 29.7 Å². The maximum absolute atomic E-state index is 13.2. The van der Waals surface area contributed by atoms with Gasteiger partial charge in [-0.15, -0.1) is 0 Å². The van der Waals surface area contributed by atoms with Crippen LogP contribution in [0.15, 0.2) is 36.5 Å². The second kappa shape index (κ2) is 12.4. The van der Waals surface area contributed by atoms with E-state index in [1.807, 2.05) is 46.0 Å². The number of carbonyl (C=O) groups is 1. The first-order chi connectivity index (χ1) is 18.8. The lowest BCUT2D eigenvalue weighted by Crippen LogP contribution is -2.39. The molecule has 40 heavy (non-hydrogen) atoms. The highest BCUT2D eigenvalue weighted by molar-refractivity contribution is 5.85. The standard InChI is InChI=1S/C33H46FN3O3/c1-23-28(30(31(38)39)40-32(2,3)4)29(37-20-15-33(5,6)16-21-37)27(22-35-23)25-13-18-36(19-14-25)17-7-8-24-9-11-26(34)12-10-24/h9-13,22,30H,7-8,14-21H2,1-6H3,(H,38,39). The average Bonchev–Trinajstić information content (AvgIpc) is 2.88. The second-order valence-electron chi connectivity index (χ2n) is 13.1. The largest absolute Gasteiger partial charge is 0.479 e. The topological polar surface area (TPSA) is 65.9 Å². The smallest absolute Gasteiger partial charge is 0.337 e. The molecule has 7 heteroatoms. The van der Waals surface area contributed by atoms with Crippen LogP contribution >= 0.6 is 0 Å². The van der Waals surface area contributed by atoms with Crippen LogP contribution in [0.5, 0.6) is 0 Å². The average molecular weight is 552 g/mol. The van der Waals surface area contributed by atoms with Gasteiger partial charge in [0.25, 0.3) is 0 Å². The molecular weight excluding hydrogens is 505 g/mol. The number of anilines is 1. The summed E-state index contributed by atoms with van der Waals surface area (Å²) in [5.74, 6) is -1.18. The van der Waals surface area contributed by atoms with E-state index in [0.717, 1.165) is 81.6 Å². The van der Waals surface area contributed by atoms with Gasteiger partial charge in [0.05, 0.1) is 11.3 Å². The van der Waals surface area contributed by atoms with Crippen molar-refractivity contribution >= 4 is 17.2 Å². The number of hydrogen-bond acceptors (Lipinski definition) is 5. The molecule has 3 heterocycles. The number of aromatic nitrogens is 1. The van der Waals surface area contributed by atoms with Crippen LogP contribution in [0.1, 0.15) is 88.8 Å². The number of nitrogens with zero attached hydrogens (tertiary/aromatic N) is 3. The molecule has 1 atom stereocenters. The first kappa shape index (κ1) is 30.2. The molecule has 0 saturated carbocycles. The summed E-state index contributed by atoms with van der Waals surface area (Å²) in [5, 5.41) is 10.3. The van der Waals surface area contributed by atoms with Gasteiger partial charge in [-0.05, 0) is 95.0 Å². The maximum atomic E-state index is 13.2. The Bertz CT molecular complexity index is 1210. The minimum absolute atomic E-state index is 0.196. The highest BCUT2D eigenvalue weighted by Crippen LogP contribution is 2.43. The van der Waals surface area contributed by atoms with Crippen molar-refractivity contribution in [1.82, 2.24) is 9.88 Å². The number of piperidine rings is 1. The van der Waals surface area contributed by atoms with Crippen molar-refractivity contribution in [3.05, 3.63) is 64.7 Å². The Kier molecular flexibility index (Phi) is 9.36. The van der Waals surface area contributed by atoms with Gasteiger partial charge in [-0.25, -0.2) is 9.18 Å². The third-order valence-corrected chi connectivity index (χ3v) is 8.17. The molecule has 1 saturated heterocycles. The summed E-state index contributed by atoms with van der Waals surface area (Å²) in [6.07, 6.45) is 8.06. The fourth-order valence-corrected chi connectivity index (χ4v) is 5.74. The van der Waals surface area contributed by atoms with Crippen molar-refractivity contribution in [1.29, 1.82) is 0 Å². The number of pyridine rings is 1. The molecule has 4 rings (SSSR count). The van der Waals surface area contributed by atoms with Gasteiger partial charge < -0.3 is 14.7 Å². The van der Waals surface area contributed by atoms with Crippen molar-refractivity contribution in [2.24, 2.45) is 5.41 Å². The zero-order chi connectivity index (χ0) is 29.1. The zero-order valence-electron chi connectivity index (χ0n) is 25.1. The molecule has 0 radical (unpaired) electrons. The molecule has 1 aromatic heterocycles. The number of halogens is 1. The predicted octanol–water partition coefficient (Wildman–Crippen LogP) is 6.82. The van der Waals surface area contributed by atoms with Gasteiger partial charge in [-0.2, -0.15) is 0 Å². The molecule has 2 aliphatic rings. The van der Waals surface area contributed by atoms with E-state index >= 15 is 0 Å².